The van der Waals surface area contributed by atoms with Gasteiger partial charge in [0, 0.05) is 0 Å². The second-order valence-corrected chi connectivity index (χ2v) is 2.98. The van der Waals surface area contributed by atoms with E-state index < -0.39 is 17.7 Å². The molecule has 0 bridgehead atoms. The fourth-order valence-corrected chi connectivity index (χ4v) is 0.980. The van der Waals surface area contributed by atoms with Crippen molar-refractivity contribution in [3.63, 3.8) is 0 Å². The molecule has 0 aliphatic heterocycles. The first-order valence-electron chi connectivity index (χ1n) is 4.66. The third-order valence-electron chi connectivity index (χ3n) is 1.76. The van der Waals surface area contributed by atoms with Crippen LogP contribution in [-0.2, 0) is 0 Å². The molecule has 0 radical (unpaired) electrons. The standard InChI is InChI=1S/C10H14F4/c1-2-3-4-5-6-7-8(11)9(12)10(13)14/h7H,2-6H2,1H3. The molecule has 14 heavy (non-hydrogen) atoms. The zero-order valence-electron chi connectivity index (χ0n) is 8.12. The maximum absolute atomic E-state index is 12.5. The molecule has 0 spiro atoms. The lowest BCUT2D eigenvalue weighted by Gasteiger charge is -1.95. The van der Waals surface area contributed by atoms with Crippen molar-refractivity contribution in [2.45, 2.75) is 39.0 Å². The molecule has 0 aromatic rings. The van der Waals surface area contributed by atoms with Crippen LogP contribution in [0, 0.1) is 0 Å². The van der Waals surface area contributed by atoms with E-state index in [0.29, 0.717) is 12.8 Å². The van der Waals surface area contributed by atoms with E-state index in [1.54, 1.807) is 0 Å². The van der Waals surface area contributed by atoms with Crippen LogP contribution in [-0.4, -0.2) is 0 Å². The highest BCUT2D eigenvalue weighted by Gasteiger charge is 2.10. The smallest absolute Gasteiger partial charge is 0.204 e. The maximum atomic E-state index is 12.5. The van der Waals surface area contributed by atoms with Crippen LogP contribution in [0.25, 0.3) is 0 Å². The first-order chi connectivity index (χ1) is 6.59. The second-order valence-electron chi connectivity index (χ2n) is 2.98. The summed E-state index contributed by atoms with van der Waals surface area (Å²) in [6, 6.07) is 0. The van der Waals surface area contributed by atoms with Crippen molar-refractivity contribution >= 4 is 0 Å². The van der Waals surface area contributed by atoms with E-state index in [1.807, 2.05) is 6.92 Å². The molecule has 0 saturated carbocycles. The van der Waals surface area contributed by atoms with Crippen LogP contribution in [0.3, 0.4) is 0 Å². The van der Waals surface area contributed by atoms with Crippen LogP contribution < -0.4 is 0 Å². The van der Waals surface area contributed by atoms with Crippen LogP contribution in [0.2, 0.25) is 0 Å². The van der Waals surface area contributed by atoms with Crippen LogP contribution in [0.15, 0.2) is 23.8 Å². The highest BCUT2D eigenvalue weighted by Crippen LogP contribution is 2.20. The molecule has 4 heteroatoms. The van der Waals surface area contributed by atoms with Gasteiger partial charge in [-0.2, -0.15) is 13.2 Å². The molecule has 0 nitrogen and oxygen atoms in total. The average molecular weight is 210 g/mol. The predicted octanol–water partition coefficient (Wildman–Crippen LogP) is 4.89. The van der Waals surface area contributed by atoms with Gasteiger partial charge in [-0.3, -0.25) is 0 Å². The molecule has 0 amide bonds. The Morgan fingerprint density at radius 2 is 1.64 bits per heavy atom. The Morgan fingerprint density at radius 3 is 2.14 bits per heavy atom. The van der Waals surface area contributed by atoms with Crippen LogP contribution in [0.5, 0.6) is 0 Å². The molecule has 0 atom stereocenters. The van der Waals surface area contributed by atoms with Crippen molar-refractivity contribution < 1.29 is 17.6 Å². The van der Waals surface area contributed by atoms with Crippen LogP contribution in [0.4, 0.5) is 17.6 Å². The Bertz CT molecular complexity index is 214. The molecular formula is C10H14F4. The molecule has 0 aromatic heterocycles. The summed E-state index contributed by atoms with van der Waals surface area (Å²) in [5.41, 5.74) is 0. The number of allylic oxidation sites excluding steroid dienone is 3. The van der Waals surface area contributed by atoms with Gasteiger partial charge < -0.3 is 0 Å². The molecule has 0 fully saturated rings. The van der Waals surface area contributed by atoms with Crippen molar-refractivity contribution in [1.82, 2.24) is 0 Å². The molecule has 0 N–H and O–H groups in total. The molecular weight excluding hydrogens is 196 g/mol. The Balaban J connectivity index is 3.84. The van der Waals surface area contributed by atoms with Crippen molar-refractivity contribution in [2.75, 3.05) is 0 Å². The third-order valence-corrected chi connectivity index (χ3v) is 1.76. The van der Waals surface area contributed by atoms with Gasteiger partial charge in [0.1, 0.15) is 0 Å². The van der Waals surface area contributed by atoms with Gasteiger partial charge >= 0.3 is 6.08 Å². The maximum Gasteiger partial charge on any atom is 0.308 e. The highest BCUT2D eigenvalue weighted by atomic mass is 19.3. The first kappa shape index (κ1) is 13.2. The average Bonchev–Trinajstić information content (AvgIpc) is 2.16. The lowest BCUT2D eigenvalue weighted by molar-refractivity contribution is 0.371. The molecule has 0 unspecified atom stereocenters. The van der Waals surface area contributed by atoms with Gasteiger partial charge in [-0.15, -0.1) is 0 Å². The van der Waals surface area contributed by atoms with Gasteiger partial charge in [-0.25, -0.2) is 4.39 Å². The van der Waals surface area contributed by atoms with Gasteiger partial charge in [-0.05, 0) is 18.9 Å². The molecule has 0 heterocycles. The largest absolute Gasteiger partial charge is 0.308 e. The van der Waals surface area contributed by atoms with Crippen LogP contribution >= 0.6 is 0 Å². The second kappa shape index (κ2) is 7.59. The Morgan fingerprint density at radius 1 is 1.00 bits per heavy atom. The topological polar surface area (TPSA) is 0 Å². The van der Waals surface area contributed by atoms with E-state index in [1.165, 1.54) is 0 Å². The van der Waals surface area contributed by atoms with Crippen molar-refractivity contribution in [3.8, 4) is 0 Å². The first-order valence-corrected chi connectivity index (χ1v) is 4.66. The Labute approximate surface area is 81.3 Å². The van der Waals surface area contributed by atoms with Crippen LogP contribution in [0.1, 0.15) is 39.0 Å². The van der Waals surface area contributed by atoms with Gasteiger partial charge in [0.05, 0.1) is 0 Å². The summed E-state index contributed by atoms with van der Waals surface area (Å²) in [5, 5.41) is 0. The Hall–Kier alpha value is -0.800. The quantitative estimate of drug-likeness (QED) is 0.332. The fraction of sp³-hybridized carbons (Fsp3) is 0.600. The Kier molecular flexibility index (Phi) is 7.16. The lowest BCUT2D eigenvalue weighted by Crippen LogP contribution is -1.80. The highest BCUT2D eigenvalue weighted by molar-refractivity contribution is 5.18. The number of halogens is 4. The van der Waals surface area contributed by atoms with Crippen molar-refractivity contribution in [3.05, 3.63) is 23.8 Å². The summed E-state index contributed by atoms with van der Waals surface area (Å²) in [6.45, 7) is 2.03. The lowest BCUT2D eigenvalue weighted by atomic mass is 10.1. The van der Waals surface area contributed by atoms with Gasteiger partial charge in [0.25, 0.3) is 0 Å². The minimum atomic E-state index is -2.60. The van der Waals surface area contributed by atoms with E-state index in [4.69, 9.17) is 0 Å². The summed E-state index contributed by atoms with van der Waals surface area (Å²) in [4.78, 5) is 0. The molecule has 0 aromatic carbocycles. The van der Waals surface area contributed by atoms with Gasteiger partial charge in [-0.1, -0.05) is 26.2 Å². The zero-order valence-corrected chi connectivity index (χ0v) is 8.12. The number of unbranched alkanes of at least 4 members (excludes halogenated alkanes) is 4. The number of hydrogen-bond acceptors (Lipinski definition) is 0. The molecule has 82 valence electrons. The van der Waals surface area contributed by atoms with Crippen molar-refractivity contribution in [1.29, 1.82) is 0 Å². The fourth-order valence-electron chi connectivity index (χ4n) is 0.980. The minimum absolute atomic E-state index is 0.298. The molecule has 0 rings (SSSR count). The van der Waals surface area contributed by atoms with E-state index in [2.05, 4.69) is 0 Å². The predicted molar refractivity (Wildman–Crippen MR) is 48.3 cm³/mol. The molecule has 0 aliphatic rings. The third kappa shape index (κ3) is 5.78. The number of hydrogen-bond donors (Lipinski definition) is 0. The summed E-state index contributed by atoms with van der Waals surface area (Å²) >= 11 is 0. The van der Waals surface area contributed by atoms with E-state index >= 15 is 0 Å². The van der Waals surface area contributed by atoms with Gasteiger partial charge in [0.2, 0.25) is 5.83 Å². The summed E-state index contributed by atoms with van der Waals surface area (Å²) in [7, 11) is 0. The van der Waals surface area contributed by atoms with E-state index in [-0.39, 0.29) is 0 Å². The molecule has 0 saturated heterocycles. The summed E-state index contributed by atoms with van der Waals surface area (Å²) in [5.74, 6) is -3.50. The summed E-state index contributed by atoms with van der Waals surface area (Å²) < 4.78 is 47.8. The number of rotatable bonds is 6. The van der Waals surface area contributed by atoms with Gasteiger partial charge in [0.15, 0.2) is 5.83 Å². The zero-order chi connectivity index (χ0) is 11.0. The normalized spacial score (nSPS) is 11.6. The van der Waals surface area contributed by atoms with Crippen molar-refractivity contribution in [2.24, 2.45) is 0 Å². The van der Waals surface area contributed by atoms with E-state index in [9.17, 15) is 17.6 Å². The SMILES string of the molecule is CCCCCCC=C(F)C(F)=C(F)F. The minimum Gasteiger partial charge on any atom is -0.204 e. The summed E-state index contributed by atoms with van der Waals surface area (Å²) in [6.07, 6.45) is 2.22. The van der Waals surface area contributed by atoms with E-state index in [0.717, 1.165) is 25.3 Å². The molecule has 0 aliphatic carbocycles. The monoisotopic (exact) mass is 210 g/mol.